The zero-order chi connectivity index (χ0) is 27.3. The molecule has 2 aliphatic rings. The Morgan fingerprint density at radius 2 is 1.55 bits per heavy atom. The van der Waals surface area contributed by atoms with Crippen molar-refractivity contribution in [2.24, 2.45) is 0 Å². The van der Waals surface area contributed by atoms with Crippen LogP contribution >= 0.6 is 11.6 Å². The molecule has 38 heavy (non-hydrogen) atoms. The van der Waals surface area contributed by atoms with Crippen LogP contribution in [0.2, 0.25) is 5.02 Å². The van der Waals surface area contributed by atoms with Crippen LogP contribution in [0.15, 0.2) is 52.3 Å². The fourth-order valence-corrected chi connectivity index (χ4v) is 7.42. The minimum Gasteiger partial charge on any atom is -0.492 e. The Morgan fingerprint density at radius 1 is 0.921 bits per heavy atom. The molecule has 2 heterocycles. The first-order valence-electron chi connectivity index (χ1n) is 12.2. The maximum atomic E-state index is 13.1. The predicted molar refractivity (Wildman–Crippen MR) is 142 cm³/mol. The summed E-state index contributed by atoms with van der Waals surface area (Å²) in [6.45, 7) is 3.58. The average molecular weight is 587 g/mol. The van der Waals surface area contributed by atoms with E-state index in [1.54, 1.807) is 12.1 Å². The fourth-order valence-electron chi connectivity index (χ4n) is 4.09. The molecular formula is C24H31ClN4O7S2. The second kappa shape index (κ2) is 12.3. The maximum Gasteiger partial charge on any atom is 0.251 e. The van der Waals surface area contributed by atoms with Gasteiger partial charge in [0.15, 0.2) is 0 Å². The van der Waals surface area contributed by atoms with E-state index in [0.29, 0.717) is 58.2 Å². The molecule has 4 rings (SSSR count). The van der Waals surface area contributed by atoms with Gasteiger partial charge in [0.1, 0.15) is 17.3 Å². The zero-order valence-electron chi connectivity index (χ0n) is 21.0. The highest BCUT2D eigenvalue weighted by molar-refractivity contribution is 7.89. The summed E-state index contributed by atoms with van der Waals surface area (Å²) in [6, 6.07) is 10.2. The van der Waals surface area contributed by atoms with Gasteiger partial charge in [-0.25, -0.2) is 16.8 Å². The van der Waals surface area contributed by atoms with Crippen molar-refractivity contribution in [1.82, 2.24) is 18.8 Å². The number of hydrogen-bond donors (Lipinski definition) is 1. The predicted octanol–water partition coefficient (Wildman–Crippen LogP) is 1.11. The minimum absolute atomic E-state index is 0.0582. The molecule has 11 nitrogen and oxygen atoms in total. The van der Waals surface area contributed by atoms with E-state index < -0.39 is 26.0 Å². The quantitative estimate of drug-likeness (QED) is 0.433. The Bertz CT molecular complexity index is 1340. The summed E-state index contributed by atoms with van der Waals surface area (Å²) in [5.41, 5.74) is 0.166. The SMILES string of the molecule is CN1CCN(S(=O)(=O)c2cc(C(=O)NCCOc3ccc(S(=O)(=O)N4CCOCC4)cc3)ccc2Cl)CC1. The number of nitrogens with zero attached hydrogens (tertiary/aromatic N) is 3. The van der Waals surface area contributed by atoms with E-state index >= 15 is 0 Å². The lowest BCUT2D eigenvalue weighted by Crippen LogP contribution is -2.47. The highest BCUT2D eigenvalue weighted by Crippen LogP contribution is 2.27. The number of morpholine rings is 1. The highest BCUT2D eigenvalue weighted by Gasteiger charge is 2.30. The summed E-state index contributed by atoms with van der Waals surface area (Å²) in [5, 5.41) is 2.75. The first kappa shape index (κ1) is 28.7. The third-order valence-electron chi connectivity index (χ3n) is 6.36. The second-order valence-corrected chi connectivity index (χ2v) is 13.2. The number of sulfonamides is 2. The molecule has 2 aromatic rings. The molecule has 0 bridgehead atoms. The van der Waals surface area contributed by atoms with E-state index in [1.807, 2.05) is 11.9 Å². The van der Waals surface area contributed by atoms with E-state index in [2.05, 4.69) is 5.32 Å². The van der Waals surface area contributed by atoms with Crippen molar-refractivity contribution in [3.63, 3.8) is 0 Å². The summed E-state index contributed by atoms with van der Waals surface area (Å²) >= 11 is 6.20. The maximum absolute atomic E-state index is 13.1. The van der Waals surface area contributed by atoms with Crippen LogP contribution in [0.3, 0.4) is 0 Å². The molecule has 2 fully saturated rings. The summed E-state index contributed by atoms with van der Waals surface area (Å²) < 4.78 is 65.2. The highest BCUT2D eigenvalue weighted by atomic mass is 35.5. The number of rotatable bonds is 9. The lowest BCUT2D eigenvalue weighted by atomic mass is 10.2. The Morgan fingerprint density at radius 3 is 2.21 bits per heavy atom. The first-order valence-corrected chi connectivity index (χ1v) is 15.4. The van der Waals surface area contributed by atoms with Gasteiger partial charge in [-0.3, -0.25) is 4.79 Å². The molecule has 14 heteroatoms. The molecule has 2 aromatic carbocycles. The molecule has 0 spiro atoms. The van der Waals surface area contributed by atoms with Crippen molar-refractivity contribution in [3.05, 3.63) is 53.1 Å². The van der Waals surface area contributed by atoms with Crippen molar-refractivity contribution in [2.45, 2.75) is 9.79 Å². The molecule has 0 aromatic heterocycles. The fraction of sp³-hybridized carbons (Fsp3) is 0.458. The third-order valence-corrected chi connectivity index (χ3v) is 10.7. The summed E-state index contributed by atoms with van der Waals surface area (Å²) in [4.78, 5) is 14.8. The van der Waals surface area contributed by atoms with Crippen LogP contribution in [0.25, 0.3) is 0 Å². The Hall–Kier alpha value is -2.26. The van der Waals surface area contributed by atoms with Gasteiger partial charge in [0.25, 0.3) is 5.91 Å². The minimum atomic E-state index is -3.84. The standard InChI is InChI=1S/C24H31ClN4O7S2/c1-27-9-11-28(12-10-27)38(33,34)23-18-19(2-7-22(23)25)24(30)26-8-15-36-20-3-5-21(6-4-20)37(31,32)29-13-16-35-17-14-29/h2-7,18H,8-17H2,1H3,(H,26,30). The van der Waals surface area contributed by atoms with Gasteiger partial charge < -0.3 is 19.7 Å². The molecule has 1 amide bonds. The van der Waals surface area contributed by atoms with Crippen LogP contribution in [-0.4, -0.2) is 109 Å². The monoisotopic (exact) mass is 586 g/mol. The largest absolute Gasteiger partial charge is 0.492 e. The molecule has 0 unspecified atom stereocenters. The van der Waals surface area contributed by atoms with E-state index in [1.165, 1.54) is 38.9 Å². The van der Waals surface area contributed by atoms with Crippen LogP contribution in [-0.2, 0) is 24.8 Å². The van der Waals surface area contributed by atoms with Crippen molar-refractivity contribution in [2.75, 3.05) is 72.7 Å². The van der Waals surface area contributed by atoms with Gasteiger partial charge in [0, 0.05) is 44.8 Å². The molecule has 0 atom stereocenters. The van der Waals surface area contributed by atoms with Crippen LogP contribution in [0.1, 0.15) is 10.4 Å². The van der Waals surface area contributed by atoms with E-state index in [-0.39, 0.29) is 33.5 Å². The van der Waals surface area contributed by atoms with Crippen molar-refractivity contribution < 1.29 is 31.1 Å². The molecule has 1 N–H and O–H groups in total. The molecule has 2 saturated heterocycles. The van der Waals surface area contributed by atoms with Gasteiger partial charge >= 0.3 is 0 Å². The molecule has 0 radical (unpaired) electrons. The lowest BCUT2D eigenvalue weighted by molar-refractivity contribution is 0.0730. The number of hydrogen-bond acceptors (Lipinski definition) is 8. The topological polar surface area (TPSA) is 126 Å². The van der Waals surface area contributed by atoms with Crippen molar-refractivity contribution in [1.29, 1.82) is 0 Å². The van der Waals surface area contributed by atoms with Gasteiger partial charge in [-0.15, -0.1) is 0 Å². The number of nitrogens with one attached hydrogen (secondary N) is 1. The van der Waals surface area contributed by atoms with Crippen molar-refractivity contribution in [3.8, 4) is 5.75 Å². The van der Waals surface area contributed by atoms with Crippen LogP contribution in [0.5, 0.6) is 5.75 Å². The number of benzene rings is 2. The first-order chi connectivity index (χ1) is 18.1. The number of amides is 1. The van der Waals surface area contributed by atoms with Gasteiger partial charge in [0.05, 0.1) is 29.7 Å². The normalized spacial score (nSPS) is 18.3. The number of halogens is 1. The van der Waals surface area contributed by atoms with Gasteiger partial charge in [0.2, 0.25) is 20.0 Å². The molecule has 2 aliphatic heterocycles. The Labute approximate surface area is 228 Å². The molecular weight excluding hydrogens is 556 g/mol. The number of ether oxygens (including phenoxy) is 2. The number of carbonyl (C=O) groups excluding carboxylic acids is 1. The number of likely N-dealkylation sites (N-methyl/N-ethyl adjacent to an activating group) is 1. The van der Waals surface area contributed by atoms with E-state index in [0.717, 1.165) is 0 Å². The summed E-state index contributed by atoms with van der Waals surface area (Å²) in [7, 11) is -5.50. The van der Waals surface area contributed by atoms with Gasteiger partial charge in [-0.2, -0.15) is 8.61 Å². The second-order valence-electron chi connectivity index (χ2n) is 8.94. The lowest BCUT2D eigenvalue weighted by Gasteiger charge is -2.31. The van der Waals surface area contributed by atoms with Crippen LogP contribution in [0.4, 0.5) is 0 Å². The van der Waals surface area contributed by atoms with E-state index in [9.17, 15) is 21.6 Å². The van der Waals surface area contributed by atoms with Crippen molar-refractivity contribution >= 4 is 37.6 Å². The number of carbonyl (C=O) groups is 1. The molecule has 0 aliphatic carbocycles. The Kier molecular flexibility index (Phi) is 9.29. The van der Waals surface area contributed by atoms with Crippen LogP contribution in [0, 0.1) is 0 Å². The zero-order valence-corrected chi connectivity index (χ0v) is 23.4. The van der Waals surface area contributed by atoms with Gasteiger partial charge in [-0.05, 0) is 49.5 Å². The van der Waals surface area contributed by atoms with Crippen LogP contribution < -0.4 is 10.1 Å². The van der Waals surface area contributed by atoms with E-state index in [4.69, 9.17) is 21.1 Å². The smallest absolute Gasteiger partial charge is 0.251 e. The average Bonchev–Trinajstić information content (AvgIpc) is 2.92. The third kappa shape index (κ3) is 6.65. The number of piperazine rings is 1. The molecule has 208 valence electrons. The van der Waals surface area contributed by atoms with Gasteiger partial charge in [-0.1, -0.05) is 11.6 Å². The summed E-state index contributed by atoms with van der Waals surface area (Å²) in [6.07, 6.45) is 0. The molecule has 0 saturated carbocycles. The summed E-state index contributed by atoms with van der Waals surface area (Å²) in [5.74, 6) is -0.0146. The Balaban J connectivity index is 1.31.